The van der Waals surface area contributed by atoms with E-state index in [-0.39, 0.29) is 11.2 Å². The van der Waals surface area contributed by atoms with Crippen LogP contribution in [0.3, 0.4) is 0 Å². The highest BCUT2D eigenvalue weighted by Gasteiger charge is 2.23. The van der Waals surface area contributed by atoms with Gasteiger partial charge in [0.25, 0.3) is 0 Å². The van der Waals surface area contributed by atoms with Gasteiger partial charge in [0, 0.05) is 6.07 Å². The number of thioether (sulfide) groups is 1. The molecule has 0 spiro atoms. The van der Waals surface area contributed by atoms with E-state index in [0.29, 0.717) is 17.1 Å². The third kappa shape index (κ3) is 2.85. The second kappa shape index (κ2) is 5.31. The van der Waals surface area contributed by atoms with E-state index in [1.165, 1.54) is 0 Å². The molecule has 5 heteroatoms. The Balaban J connectivity index is 2.09. The van der Waals surface area contributed by atoms with Crippen molar-refractivity contribution in [2.45, 2.75) is 18.1 Å². The molecule has 1 unspecified atom stereocenters. The molecule has 1 aromatic rings. The number of nitrogen functional groups attached to an aromatic ring is 1. The van der Waals surface area contributed by atoms with Crippen LogP contribution in [0.5, 0.6) is 5.75 Å². The zero-order chi connectivity index (χ0) is 12.3. The van der Waals surface area contributed by atoms with Gasteiger partial charge in [-0.25, -0.2) is 0 Å². The maximum atomic E-state index is 11.9. The van der Waals surface area contributed by atoms with Crippen molar-refractivity contribution in [2.24, 2.45) is 0 Å². The summed E-state index contributed by atoms with van der Waals surface area (Å²) in [4.78, 5) is 11.9. The van der Waals surface area contributed by atoms with Crippen LogP contribution in [0.4, 0.5) is 11.4 Å². The normalized spacial score (nSPS) is 19.0. The van der Waals surface area contributed by atoms with Gasteiger partial charge in [-0.05, 0) is 30.7 Å². The predicted octanol–water partition coefficient (Wildman–Crippen LogP) is 2.11. The molecule has 1 aliphatic rings. The first-order chi connectivity index (χ1) is 8.20. The average Bonchev–Trinajstić information content (AvgIpc) is 2.85. The number of hydrogen-bond donors (Lipinski definition) is 2. The monoisotopic (exact) mass is 252 g/mol. The number of anilines is 2. The Morgan fingerprint density at radius 2 is 2.41 bits per heavy atom. The Morgan fingerprint density at radius 3 is 3.06 bits per heavy atom. The van der Waals surface area contributed by atoms with Crippen molar-refractivity contribution in [1.82, 2.24) is 0 Å². The van der Waals surface area contributed by atoms with E-state index in [4.69, 9.17) is 10.5 Å². The molecule has 1 atom stereocenters. The standard InChI is InChI=1S/C12H16N2O2S/c1-16-8-4-5-9(13)10(7-8)14-12(15)11-3-2-6-17-11/h4-5,7,11H,2-3,6,13H2,1H3,(H,14,15). The molecule has 0 bridgehead atoms. The number of nitrogens with two attached hydrogens (primary N) is 1. The number of methoxy groups -OCH3 is 1. The van der Waals surface area contributed by atoms with E-state index in [2.05, 4.69) is 5.32 Å². The number of amides is 1. The van der Waals surface area contributed by atoms with E-state index in [9.17, 15) is 4.79 Å². The van der Waals surface area contributed by atoms with Crippen molar-refractivity contribution in [3.05, 3.63) is 18.2 Å². The second-order valence-electron chi connectivity index (χ2n) is 3.94. The highest BCUT2D eigenvalue weighted by Crippen LogP contribution is 2.29. The van der Waals surface area contributed by atoms with E-state index >= 15 is 0 Å². The minimum atomic E-state index is 0.0347. The van der Waals surface area contributed by atoms with Crippen LogP contribution >= 0.6 is 11.8 Å². The Kier molecular flexibility index (Phi) is 3.78. The third-order valence-electron chi connectivity index (χ3n) is 2.74. The lowest BCUT2D eigenvalue weighted by atomic mass is 10.2. The first kappa shape index (κ1) is 12.1. The summed E-state index contributed by atoms with van der Waals surface area (Å²) in [6, 6.07) is 5.25. The summed E-state index contributed by atoms with van der Waals surface area (Å²) in [7, 11) is 1.59. The lowest BCUT2D eigenvalue weighted by Gasteiger charge is -2.12. The summed E-state index contributed by atoms with van der Waals surface area (Å²) in [5.74, 6) is 1.78. The molecule has 0 saturated carbocycles. The number of carbonyl (C=O) groups excluding carboxylic acids is 1. The fourth-order valence-corrected chi connectivity index (χ4v) is 2.93. The quantitative estimate of drug-likeness (QED) is 0.809. The van der Waals surface area contributed by atoms with Gasteiger partial charge in [-0.1, -0.05) is 0 Å². The van der Waals surface area contributed by atoms with Crippen molar-refractivity contribution in [2.75, 3.05) is 23.9 Å². The van der Waals surface area contributed by atoms with Crippen LogP contribution in [0.2, 0.25) is 0 Å². The van der Waals surface area contributed by atoms with Crippen LogP contribution in [0, 0.1) is 0 Å². The zero-order valence-electron chi connectivity index (χ0n) is 9.73. The molecule has 0 aliphatic carbocycles. The first-order valence-corrected chi connectivity index (χ1v) is 6.61. The van der Waals surface area contributed by atoms with Crippen LogP contribution < -0.4 is 15.8 Å². The van der Waals surface area contributed by atoms with Gasteiger partial charge < -0.3 is 15.8 Å². The number of hydrogen-bond acceptors (Lipinski definition) is 4. The number of carbonyl (C=O) groups is 1. The first-order valence-electron chi connectivity index (χ1n) is 5.56. The van der Waals surface area contributed by atoms with E-state index in [1.54, 1.807) is 37.1 Å². The van der Waals surface area contributed by atoms with Gasteiger partial charge in [0.15, 0.2) is 0 Å². The van der Waals surface area contributed by atoms with Crippen molar-refractivity contribution in [3.63, 3.8) is 0 Å². The van der Waals surface area contributed by atoms with Crippen LogP contribution in [0.15, 0.2) is 18.2 Å². The van der Waals surface area contributed by atoms with Crippen molar-refractivity contribution in [3.8, 4) is 5.75 Å². The van der Waals surface area contributed by atoms with Crippen molar-refractivity contribution in [1.29, 1.82) is 0 Å². The molecule has 17 heavy (non-hydrogen) atoms. The van der Waals surface area contributed by atoms with Crippen LogP contribution in [-0.2, 0) is 4.79 Å². The molecule has 92 valence electrons. The minimum Gasteiger partial charge on any atom is -0.497 e. The maximum absolute atomic E-state index is 11.9. The van der Waals surface area contributed by atoms with Gasteiger partial charge in [-0.3, -0.25) is 4.79 Å². The topological polar surface area (TPSA) is 64.3 Å². The fourth-order valence-electron chi connectivity index (χ4n) is 1.77. The molecule has 1 heterocycles. The minimum absolute atomic E-state index is 0.0347. The van der Waals surface area contributed by atoms with Gasteiger partial charge in [0.1, 0.15) is 5.75 Å². The summed E-state index contributed by atoms with van der Waals surface area (Å²) < 4.78 is 5.10. The molecular weight excluding hydrogens is 236 g/mol. The van der Waals surface area contributed by atoms with Gasteiger partial charge >= 0.3 is 0 Å². The Labute approximate surface area is 105 Å². The number of ether oxygens (including phenoxy) is 1. The van der Waals surface area contributed by atoms with Gasteiger partial charge in [-0.2, -0.15) is 0 Å². The maximum Gasteiger partial charge on any atom is 0.237 e. The highest BCUT2D eigenvalue weighted by molar-refractivity contribution is 8.00. The summed E-state index contributed by atoms with van der Waals surface area (Å²) in [5.41, 5.74) is 7.00. The molecule has 1 amide bonds. The average molecular weight is 252 g/mol. The number of benzene rings is 1. The molecule has 0 radical (unpaired) electrons. The van der Waals surface area contributed by atoms with E-state index in [0.717, 1.165) is 18.6 Å². The van der Waals surface area contributed by atoms with E-state index < -0.39 is 0 Å². The Morgan fingerprint density at radius 1 is 1.59 bits per heavy atom. The third-order valence-corrected chi connectivity index (χ3v) is 4.12. The second-order valence-corrected chi connectivity index (χ2v) is 5.25. The molecule has 3 N–H and O–H groups in total. The summed E-state index contributed by atoms with van der Waals surface area (Å²) in [6.07, 6.45) is 2.05. The highest BCUT2D eigenvalue weighted by atomic mass is 32.2. The number of rotatable bonds is 3. The van der Waals surface area contributed by atoms with Crippen molar-refractivity contribution < 1.29 is 9.53 Å². The Hall–Kier alpha value is -1.36. The van der Waals surface area contributed by atoms with Gasteiger partial charge in [-0.15, -0.1) is 11.8 Å². The lowest BCUT2D eigenvalue weighted by molar-refractivity contribution is -0.115. The van der Waals surface area contributed by atoms with E-state index in [1.807, 2.05) is 0 Å². The van der Waals surface area contributed by atoms with Gasteiger partial charge in [0.05, 0.1) is 23.7 Å². The molecule has 1 aliphatic heterocycles. The largest absolute Gasteiger partial charge is 0.497 e. The molecule has 1 saturated heterocycles. The molecule has 1 aromatic carbocycles. The van der Waals surface area contributed by atoms with Crippen LogP contribution in [-0.4, -0.2) is 24.0 Å². The summed E-state index contributed by atoms with van der Waals surface area (Å²) in [5, 5.41) is 2.92. The number of nitrogens with one attached hydrogen (secondary N) is 1. The molecule has 2 rings (SSSR count). The predicted molar refractivity (Wildman–Crippen MR) is 71.5 cm³/mol. The molecule has 1 fully saturated rings. The summed E-state index contributed by atoms with van der Waals surface area (Å²) >= 11 is 1.70. The fraction of sp³-hybridized carbons (Fsp3) is 0.417. The zero-order valence-corrected chi connectivity index (χ0v) is 10.5. The molecule has 4 nitrogen and oxygen atoms in total. The lowest BCUT2D eigenvalue weighted by Crippen LogP contribution is -2.23. The van der Waals surface area contributed by atoms with Gasteiger partial charge in [0.2, 0.25) is 5.91 Å². The Bertz CT molecular complexity index is 417. The van der Waals surface area contributed by atoms with Crippen LogP contribution in [0.25, 0.3) is 0 Å². The SMILES string of the molecule is COc1ccc(N)c(NC(=O)C2CCCS2)c1. The molecular formula is C12H16N2O2S. The smallest absolute Gasteiger partial charge is 0.237 e. The van der Waals surface area contributed by atoms with Crippen molar-refractivity contribution >= 4 is 29.0 Å². The molecule has 0 aromatic heterocycles. The summed E-state index contributed by atoms with van der Waals surface area (Å²) in [6.45, 7) is 0. The van der Waals surface area contributed by atoms with Crippen LogP contribution in [0.1, 0.15) is 12.8 Å².